The summed E-state index contributed by atoms with van der Waals surface area (Å²) in [7, 11) is -1.17. The number of rotatable bonds is 13. The third-order valence-corrected chi connectivity index (χ3v) is 9.15. The molecule has 2 aromatic heterocycles. The minimum Gasteiger partial charge on any atom is -0.444 e. The zero-order valence-corrected chi connectivity index (χ0v) is 26.9. The summed E-state index contributed by atoms with van der Waals surface area (Å²) < 4.78 is 13.9. The van der Waals surface area contributed by atoms with Gasteiger partial charge in [-0.3, -0.25) is 9.88 Å². The number of unbranched alkanes of at least 4 members (excludes halogenated alkanes) is 1. The highest BCUT2D eigenvalue weighted by Gasteiger charge is 2.28. The van der Waals surface area contributed by atoms with Crippen molar-refractivity contribution < 1.29 is 14.3 Å². The number of alkyl carbamates (subject to hydrolysis) is 1. The van der Waals surface area contributed by atoms with E-state index in [0.29, 0.717) is 19.8 Å². The fourth-order valence-corrected chi connectivity index (χ4v) is 6.09. The zero-order chi connectivity index (χ0) is 29.5. The molecule has 0 saturated carbocycles. The first-order valence-corrected chi connectivity index (χ1v) is 18.9. The summed E-state index contributed by atoms with van der Waals surface area (Å²) in [5.74, 6) is 1.02. The molecule has 0 unspecified atom stereocenters. The molecule has 3 aromatic rings. The second-order valence-electron chi connectivity index (χ2n) is 13.4. The lowest BCUT2D eigenvalue weighted by molar-refractivity contribution is 0.0526. The molecule has 1 aliphatic rings. The number of carbonyl (C=O) groups is 1. The van der Waals surface area contributed by atoms with Crippen molar-refractivity contribution in [3.8, 4) is 0 Å². The Bertz CT molecular complexity index is 1280. The van der Waals surface area contributed by atoms with E-state index >= 15 is 0 Å². The molecule has 8 nitrogen and oxygen atoms in total. The van der Waals surface area contributed by atoms with E-state index < -0.39 is 13.7 Å². The monoisotopic (exact) mass is 579 g/mol. The lowest BCUT2D eigenvalue weighted by Crippen LogP contribution is -2.35. The van der Waals surface area contributed by atoms with Gasteiger partial charge < -0.3 is 19.4 Å². The van der Waals surface area contributed by atoms with Gasteiger partial charge in [0.25, 0.3) is 0 Å². The summed E-state index contributed by atoms with van der Waals surface area (Å²) in [6, 6.07) is 14.0. The smallest absolute Gasteiger partial charge is 0.407 e. The van der Waals surface area contributed by atoms with Crippen molar-refractivity contribution in [3.63, 3.8) is 0 Å². The molecular formula is C32H49N5O3Si. The Morgan fingerprint density at radius 2 is 1.95 bits per heavy atom. The quantitative estimate of drug-likeness (QED) is 0.175. The van der Waals surface area contributed by atoms with Crippen LogP contribution in [0.5, 0.6) is 0 Å². The van der Waals surface area contributed by atoms with E-state index in [9.17, 15) is 4.79 Å². The largest absolute Gasteiger partial charge is 0.444 e. The Balaban J connectivity index is 1.50. The lowest BCUT2D eigenvalue weighted by Gasteiger charge is -2.35. The highest BCUT2D eigenvalue weighted by Crippen LogP contribution is 2.34. The highest BCUT2D eigenvalue weighted by atomic mass is 28.3. The summed E-state index contributed by atoms with van der Waals surface area (Å²) >= 11 is 0. The maximum atomic E-state index is 12.1. The van der Waals surface area contributed by atoms with E-state index in [1.165, 1.54) is 11.3 Å². The van der Waals surface area contributed by atoms with Gasteiger partial charge in [-0.15, -0.1) is 0 Å². The molecule has 4 rings (SSSR count). The molecule has 0 radical (unpaired) electrons. The number of nitrogens with zero attached hydrogens (tertiary/aromatic N) is 4. The molecule has 0 spiro atoms. The Morgan fingerprint density at radius 1 is 1.15 bits per heavy atom. The second-order valence-corrected chi connectivity index (χ2v) is 19.0. The normalized spacial score (nSPS) is 15.7. The Hall–Kier alpha value is -2.75. The van der Waals surface area contributed by atoms with Crippen molar-refractivity contribution in [1.82, 2.24) is 24.8 Å². The van der Waals surface area contributed by atoms with Crippen LogP contribution in [-0.2, 0) is 29.2 Å². The minimum atomic E-state index is -1.17. The predicted molar refractivity (Wildman–Crippen MR) is 168 cm³/mol. The first kappa shape index (κ1) is 31.2. The first-order chi connectivity index (χ1) is 19.5. The zero-order valence-electron chi connectivity index (χ0n) is 25.9. The number of nitrogens with one attached hydrogen (secondary N) is 1. The Morgan fingerprint density at radius 3 is 2.73 bits per heavy atom. The summed E-state index contributed by atoms with van der Waals surface area (Å²) in [6.07, 6.45) is 6.68. The molecule has 1 N–H and O–H groups in total. The molecule has 0 bridgehead atoms. The number of para-hydroxylation sites is 2. The molecule has 9 heteroatoms. The molecule has 1 amide bonds. The predicted octanol–water partition coefficient (Wildman–Crippen LogP) is 6.93. The molecule has 0 aliphatic heterocycles. The number of pyridine rings is 1. The molecule has 2 heterocycles. The van der Waals surface area contributed by atoms with Crippen molar-refractivity contribution in [1.29, 1.82) is 0 Å². The summed E-state index contributed by atoms with van der Waals surface area (Å²) in [4.78, 5) is 24.6. The number of fused-ring (bicyclic) bond motifs is 2. The minimum absolute atomic E-state index is 0.236. The van der Waals surface area contributed by atoms with E-state index in [4.69, 9.17) is 19.4 Å². The van der Waals surface area contributed by atoms with Crippen LogP contribution >= 0.6 is 0 Å². The lowest BCUT2D eigenvalue weighted by atomic mass is 9.90. The van der Waals surface area contributed by atoms with Crippen molar-refractivity contribution in [3.05, 3.63) is 59.7 Å². The average molecular weight is 580 g/mol. The van der Waals surface area contributed by atoms with E-state index in [-0.39, 0.29) is 12.1 Å². The van der Waals surface area contributed by atoms with Crippen LogP contribution in [0, 0.1) is 0 Å². The van der Waals surface area contributed by atoms with Gasteiger partial charge in [0.05, 0.1) is 29.3 Å². The summed E-state index contributed by atoms with van der Waals surface area (Å²) in [6.45, 7) is 16.3. The molecule has 1 atom stereocenters. The van der Waals surface area contributed by atoms with Gasteiger partial charge >= 0.3 is 6.09 Å². The van der Waals surface area contributed by atoms with Crippen LogP contribution in [0.2, 0.25) is 25.7 Å². The number of hydrogen-bond acceptors (Lipinski definition) is 6. The van der Waals surface area contributed by atoms with Crippen LogP contribution in [-0.4, -0.2) is 58.9 Å². The highest BCUT2D eigenvalue weighted by molar-refractivity contribution is 6.76. The Labute approximate surface area is 246 Å². The number of ether oxygens (including phenoxy) is 2. The fraction of sp³-hybridized carbons (Fsp3) is 0.594. The van der Waals surface area contributed by atoms with Crippen molar-refractivity contribution >= 4 is 25.2 Å². The number of hydrogen-bond donors (Lipinski definition) is 1. The van der Waals surface area contributed by atoms with Gasteiger partial charge in [0.2, 0.25) is 0 Å². The summed E-state index contributed by atoms with van der Waals surface area (Å²) in [5.41, 5.74) is 4.16. The number of imidazole rings is 1. The molecule has 1 aromatic carbocycles. The fourth-order valence-electron chi connectivity index (χ4n) is 5.34. The topological polar surface area (TPSA) is 81.5 Å². The Kier molecular flexibility index (Phi) is 10.6. The van der Waals surface area contributed by atoms with Crippen molar-refractivity contribution in [2.45, 2.75) is 103 Å². The van der Waals surface area contributed by atoms with Gasteiger partial charge in [-0.2, -0.15) is 0 Å². The van der Waals surface area contributed by atoms with E-state index in [2.05, 4.69) is 58.7 Å². The number of aryl methyl sites for hydroxylation is 1. The van der Waals surface area contributed by atoms with Gasteiger partial charge in [0.1, 0.15) is 18.2 Å². The maximum Gasteiger partial charge on any atom is 0.407 e. The van der Waals surface area contributed by atoms with E-state index in [1.54, 1.807) is 0 Å². The van der Waals surface area contributed by atoms with Crippen LogP contribution in [0.3, 0.4) is 0 Å². The first-order valence-electron chi connectivity index (χ1n) is 15.2. The van der Waals surface area contributed by atoms with Crippen molar-refractivity contribution in [2.24, 2.45) is 0 Å². The van der Waals surface area contributed by atoms with Gasteiger partial charge in [0.15, 0.2) is 0 Å². The maximum absolute atomic E-state index is 12.1. The van der Waals surface area contributed by atoms with Crippen LogP contribution in [0.15, 0.2) is 42.6 Å². The van der Waals surface area contributed by atoms with Gasteiger partial charge in [0, 0.05) is 27.4 Å². The van der Waals surface area contributed by atoms with Crippen molar-refractivity contribution in [2.75, 3.05) is 19.7 Å². The van der Waals surface area contributed by atoms with Crippen LogP contribution in [0.1, 0.15) is 69.6 Å². The number of aromatic nitrogens is 3. The number of benzene rings is 1. The standard InChI is InChI=1S/C32H49N5O3Si/c1-32(2,3)40-31(38)34-18-9-10-20-36(28-17-11-13-25-14-12-19-33-30(25)28)23-29-35-26-15-7-8-16-27(26)37(29)24-39-21-22-41(4,5)6/h7-8,12,14-16,19,28H,9-11,13,17-18,20-24H2,1-6H3,(H,34,38)/t28-/m0/s1. The van der Waals surface area contributed by atoms with Crippen LogP contribution in [0.4, 0.5) is 4.79 Å². The molecule has 0 saturated heterocycles. The summed E-state index contributed by atoms with van der Waals surface area (Å²) in [5, 5.41) is 2.90. The van der Waals surface area contributed by atoms with Gasteiger partial charge in [-0.1, -0.05) is 37.8 Å². The van der Waals surface area contributed by atoms with Gasteiger partial charge in [-0.05, 0) is 89.2 Å². The number of amides is 1. The van der Waals surface area contributed by atoms with Gasteiger partial charge in [-0.25, -0.2) is 9.78 Å². The molecule has 224 valence electrons. The van der Waals surface area contributed by atoms with E-state index in [0.717, 1.165) is 68.2 Å². The third kappa shape index (κ3) is 9.38. The SMILES string of the molecule is CC(C)(C)OC(=O)NCCCCN(Cc1nc2ccccc2n1COCC[Si](C)(C)C)[C@H]1CCCc2cccnc21. The molecular weight excluding hydrogens is 530 g/mol. The second kappa shape index (κ2) is 13.9. The third-order valence-electron chi connectivity index (χ3n) is 7.44. The molecule has 41 heavy (non-hydrogen) atoms. The molecule has 0 fully saturated rings. The number of carbonyl (C=O) groups excluding carboxylic acids is 1. The average Bonchev–Trinajstić information content (AvgIpc) is 3.25. The van der Waals surface area contributed by atoms with Crippen LogP contribution in [0.25, 0.3) is 11.0 Å². The molecule has 1 aliphatic carbocycles. The van der Waals surface area contributed by atoms with Crippen LogP contribution < -0.4 is 5.32 Å². The van der Waals surface area contributed by atoms with E-state index in [1.807, 2.05) is 39.1 Å².